The molecule has 3 aromatic rings. The average Bonchev–Trinajstić information content (AvgIpc) is 3.27. The molecule has 2 heterocycles. The Kier molecular flexibility index (Phi) is 4.48. The van der Waals surface area contributed by atoms with Crippen LogP contribution in [0.5, 0.6) is 5.75 Å². The van der Waals surface area contributed by atoms with Gasteiger partial charge in [0.05, 0.1) is 12.0 Å². The molecule has 0 amide bonds. The molecule has 1 fully saturated rings. The maximum Gasteiger partial charge on any atom is 0.243 e. The fraction of sp³-hybridized carbons (Fsp3) is 0.333. The van der Waals surface area contributed by atoms with E-state index < -0.39 is 10.0 Å². The molecule has 0 bridgehead atoms. The summed E-state index contributed by atoms with van der Waals surface area (Å²) in [6.07, 6.45) is 0.832. The van der Waals surface area contributed by atoms with E-state index in [0.29, 0.717) is 23.7 Å². The first kappa shape index (κ1) is 18.1. The summed E-state index contributed by atoms with van der Waals surface area (Å²) in [5.41, 5.74) is 3.20. The standard InChI is InChI=1S/C21H24N2O3S/c1-15-12-18(8-9-21(15)26-3)27(24,25)23-11-10-17(14-23)20-13-16-6-4-5-7-19(16)22(20)2/h4-9,12-13,17H,10-11,14H2,1-3H3. The van der Waals surface area contributed by atoms with Crippen LogP contribution in [0.15, 0.2) is 53.4 Å². The Morgan fingerprint density at radius 2 is 1.89 bits per heavy atom. The highest BCUT2D eigenvalue weighted by Gasteiger charge is 2.34. The minimum atomic E-state index is -3.50. The SMILES string of the molecule is COc1ccc(S(=O)(=O)N2CCC(c3cc4ccccc4n3C)C2)cc1C. The van der Waals surface area contributed by atoms with E-state index in [1.807, 2.05) is 19.1 Å². The van der Waals surface area contributed by atoms with Crippen molar-refractivity contribution in [2.75, 3.05) is 20.2 Å². The summed E-state index contributed by atoms with van der Waals surface area (Å²) in [5.74, 6) is 0.903. The highest BCUT2D eigenvalue weighted by Crippen LogP contribution is 2.34. The van der Waals surface area contributed by atoms with Crippen LogP contribution in [-0.4, -0.2) is 37.5 Å². The van der Waals surface area contributed by atoms with Crippen molar-refractivity contribution in [1.29, 1.82) is 0 Å². The molecule has 1 saturated heterocycles. The summed E-state index contributed by atoms with van der Waals surface area (Å²) < 4.78 is 35.2. The smallest absolute Gasteiger partial charge is 0.243 e. The van der Waals surface area contributed by atoms with Crippen molar-refractivity contribution in [1.82, 2.24) is 8.87 Å². The van der Waals surface area contributed by atoms with Gasteiger partial charge in [0.25, 0.3) is 0 Å². The first-order valence-corrected chi connectivity index (χ1v) is 10.5. The largest absolute Gasteiger partial charge is 0.496 e. The lowest BCUT2D eigenvalue weighted by molar-refractivity contribution is 0.411. The van der Waals surface area contributed by atoms with Gasteiger partial charge < -0.3 is 9.30 Å². The second-order valence-electron chi connectivity index (χ2n) is 7.17. The molecule has 4 rings (SSSR count). The number of fused-ring (bicyclic) bond motifs is 1. The normalized spacial score (nSPS) is 18.3. The van der Waals surface area contributed by atoms with Crippen molar-refractivity contribution in [3.05, 3.63) is 59.8 Å². The van der Waals surface area contributed by atoms with E-state index in [1.165, 1.54) is 16.6 Å². The molecule has 1 atom stereocenters. The van der Waals surface area contributed by atoms with Gasteiger partial charge in [0.15, 0.2) is 0 Å². The fourth-order valence-corrected chi connectivity index (χ4v) is 5.64. The predicted octanol–water partition coefficient (Wildman–Crippen LogP) is 3.67. The van der Waals surface area contributed by atoms with E-state index in [4.69, 9.17) is 4.74 Å². The lowest BCUT2D eigenvalue weighted by Gasteiger charge is -2.18. The number of ether oxygens (including phenoxy) is 1. The van der Waals surface area contributed by atoms with Crippen molar-refractivity contribution >= 4 is 20.9 Å². The summed E-state index contributed by atoms with van der Waals surface area (Å²) in [6, 6.07) is 15.5. The highest BCUT2D eigenvalue weighted by atomic mass is 32.2. The molecule has 0 aliphatic carbocycles. The van der Waals surface area contributed by atoms with Crippen LogP contribution in [0.1, 0.15) is 23.6 Å². The first-order valence-electron chi connectivity index (χ1n) is 9.11. The van der Waals surface area contributed by atoms with Gasteiger partial charge in [0, 0.05) is 37.3 Å². The molecule has 2 aromatic carbocycles. The number of hydrogen-bond acceptors (Lipinski definition) is 3. The number of methoxy groups -OCH3 is 1. The maximum absolute atomic E-state index is 13.1. The Morgan fingerprint density at radius 3 is 2.59 bits per heavy atom. The van der Waals surface area contributed by atoms with Gasteiger partial charge in [-0.25, -0.2) is 8.42 Å². The first-order chi connectivity index (χ1) is 12.9. The Balaban J connectivity index is 1.61. The third kappa shape index (κ3) is 3.03. The molecule has 0 spiro atoms. The minimum Gasteiger partial charge on any atom is -0.496 e. The molecule has 0 radical (unpaired) electrons. The minimum absolute atomic E-state index is 0.205. The van der Waals surface area contributed by atoms with Gasteiger partial charge in [0.2, 0.25) is 10.0 Å². The molecular weight excluding hydrogens is 360 g/mol. The van der Waals surface area contributed by atoms with E-state index in [2.05, 4.69) is 29.8 Å². The maximum atomic E-state index is 13.1. The summed E-state index contributed by atoms with van der Waals surface area (Å²) in [4.78, 5) is 0.332. The fourth-order valence-electron chi connectivity index (χ4n) is 4.05. The molecule has 1 unspecified atom stereocenters. The zero-order valence-electron chi connectivity index (χ0n) is 15.8. The van der Waals surface area contributed by atoms with Gasteiger partial charge in [-0.2, -0.15) is 4.31 Å². The van der Waals surface area contributed by atoms with E-state index in [0.717, 1.165) is 12.0 Å². The van der Waals surface area contributed by atoms with E-state index >= 15 is 0 Å². The zero-order chi connectivity index (χ0) is 19.2. The summed E-state index contributed by atoms with van der Waals surface area (Å²) in [7, 11) is 0.144. The van der Waals surface area contributed by atoms with Gasteiger partial charge in [-0.3, -0.25) is 0 Å². The quantitative estimate of drug-likeness (QED) is 0.690. The van der Waals surface area contributed by atoms with Crippen LogP contribution in [0.4, 0.5) is 0 Å². The Labute approximate surface area is 160 Å². The van der Waals surface area contributed by atoms with Gasteiger partial charge in [-0.05, 0) is 54.6 Å². The van der Waals surface area contributed by atoms with Crippen molar-refractivity contribution < 1.29 is 13.2 Å². The second-order valence-corrected chi connectivity index (χ2v) is 9.11. The summed E-state index contributed by atoms with van der Waals surface area (Å²) >= 11 is 0. The van der Waals surface area contributed by atoms with Crippen LogP contribution in [0.25, 0.3) is 10.9 Å². The summed E-state index contributed by atoms with van der Waals surface area (Å²) in [5, 5.41) is 1.20. The number of aromatic nitrogens is 1. The molecule has 0 N–H and O–H groups in total. The molecule has 1 aliphatic rings. The van der Waals surface area contributed by atoms with Gasteiger partial charge >= 0.3 is 0 Å². The van der Waals surface area contributed by atoms with Crippen molar-refractivity contribution in [3.8, 4) is 5.75 Å². The van der Waals surface area contributed by atoms with Gasteiger partial charge in [0.1, 0.15) is 5.75 Å². The van der Waals surface area contributed by atoms with Crippen molar-refractivity contribution in [2.45, 2.75) is 24.2 Å². The second kappa shape index (κ2) is 6.69. The van der Waals surface area contributed by atoms with Crippen molar-refractivity contribution in [2.24, 2.45) is 7.05 Å². The molecule has 6 heteroatoms. The lowest BCUT2D eigenvalue weighted by Crippen LogP contribution is -2.28. The van der Waals surface area contributed by atoms with Crippen LogP contribution in [0, 0.1) is 6.92 Å². The highest BCUT2D eigenvalue weighted by molar-refractivity contribution is 7.89. The Bertz CT molecular complexity index is 1100. The number of benzene rings is 2. The van der Waals surface area contributed by atoms with Crippen molar-refractivity contribution in [3.63, 3.8) is 0 Å². The van der Waals surface area contributed by atoms with Crippen LogP contribution >= 0.6 is 0 Å². The Hall–Kier alpha value is -2.31. The van der Waals surface area contributed by atoms with Gasteiger partial charge in [-0.15, -0.1) is 0 Å². The van der Waals surface area contributed by atoms with E-state index in [9.17, 15) is 8.42 Å². The van der Waals surface area contributed by atoms with E-state index in [-0.39, 0.29) is 5.92 Å². The van der Waals surface area contributed by atoms with E-state index in [1.54, 1.807) is 29.6 Å². The number of sulfonamides is 1. The molecular formula is C21H24N2O3S. The number of hydrogen-bond donors (Lipinski definition) is 0. The lowest BCUT2D eigenvalue weighted by atomic mass is 10.1. The molecule has 1 aromatic heterocycles. The number of para-hydroxylation sites is 1. The molecule has 0 saturated carbocycles. The van der Waals surface area contributed by atoms with Crippen LogP contribution in [-0.2, 0) is 17.1 Å². The number of nitrogens with zero attached hydrogens (tertiary/aromatic N) is 2. The van der Waals surface area contributed by atoms with Crippen LogP contribution in [0.2, 0.25) is 0 Å². The van der Waals surface area contributed by atoms with Crippen LogP contribution in [0.3, 0.4) is 0 Å². The predicted molar refractivity (Wildman–Crippen MR) is 107 cm³/mol. The number of aryl methyl sites for hydroxylation is 2. The molecule has 142 valence electrons. The third-order valence-electron chi connectivity index (χ3n) is 5.56. The average molecular weight is 385 g/mol. The molecule has 5 nitrogen and oxygen atoms in total. The zero-order valence-corrected chi connectivity index (χ0v) is 16.7. The van der Waals surface area contributed by atoms with Crippen LogP contribution < -0.4 is 4.74 Å². The summed E-state index contributed by atoms with van der Waals surface area (Å²) in [6.45, 7) is 2.91. The topological polar surface area (TPSA) is 51.5 Å². The Morgan fingerprint density at radius 1 is 1.11 bits per heavy atom. The van der Waals surface area contributed by atoms with Gasteiger partial charge in [-0.1, -0.05) is 18.2 Å². The monoisotopic (exact) mass is 384 g/mol. The molecule has 1 aliphatic heterocycles. The third-order valence-corrected chi connectivity index (χ3v) is 7.42. The molecule has 27 heavy (non-hydrogen) atoms. The number of rotatable bonds is 4.